The average molecular weight is 685 g/mol. The Balaban J connectivity index is -0.000000269. The summed E-state index contributed by atoms with van der Waals surface area (Å²) >= 11 is 0. The summed E-state index contributed by atoms with van der Waals surface area (Å²) < 4.78 is 3.58. The van der Waals surface area contributed by atoms with Gasteiger partial charge in [-0.25, -0.2) is 0 Å². The average Bonchev–Trinajstić information content (AvgIpc) is 2.91. The van der Waals surface area contributed by atoms with E-state index in [1.807, 2.05) is 0 Å². The van der Waals surface area contributed by atoms with E-state index in [0.29, 0.717) is 24.2 Å². The summed E-state index contributed by atoms with van der Waals surface area (Å²) in [5.74, 6) is -0.278. The highest BCUT2D eigenvalue weighted by Gasteiger charge is 2.09. The zero-order valence-electron chi connectivity index (χ0n) is 33.5. The molecule has 0 rings (SSSR count). The van der Waals surface area contributed by atoms with Gasteiger partial charge in [-0.15, -0.1) is 0 Å². The SMILES string of the molecule is C=C(C)C(=O)NCCC[N+](C)(C)C.C=C(C)C(=O)NCC[N+](C)(C)C.C=CC(=O)NCCC[N+](C)(C)C.C=CC(=O)NCC[N+](C)(C)C. The molecule has 48 heavy (non-hydrogen) atoms. The second-order valence-corrected chi connectivity index (χ2v) is 15.8. The Morgan fingerprint density at radius 3 is 0.979 bits per heavy atom. The van der Waals surface area contributed by atoms with Gasteiger partial charge in [0.25, 0.3) is 0 Å². The fraction of sp³-hybridized carbons (Fsp3) is 0.667. The molecule has 0 aliphatic rings. The lowest BCUT2D eigenvalue weighted by Gasteiger charge is -2.23. The molecule has 280 valence electrons. The number of nitrogens with zero attached hydrogens (tertiary/aromatic N) is 4. The van der Waals surface area contributed by atoms with Gasteiger partial charge in [0.1, 0.15) is 0 Å². The maximum absolute atomic E-state index is 11.1. The molecule has 12 heteroatoms. The maximum atomic E-state index is 11.1. The van der Waals surface area contributed by atoms with Crippen LogP contribution in [0.15, 0.2) is 49.6 Å². The highest BCUT2D eigenvalue weighted by Crippen LogP contribution is 1.94. The molecule has 0 saturated carbocycles. The van der Waals surface area contributed by atoms with E-state index in [-0.39, 0.29) is 23.6 Å². The topological polar surface area (TPSA) is 116 Å². The number of carbonyl (C=O) groups is 4. The van der Waals surface area contributed by atoms with E-state index in [0.717, 1.165) is 70.0 Å². The first-order valence-corrected chi connectivity index (χ1v) is 16.5. The quantitative estimate of drug-likeness (QED) is 0.0997. The number of nitrogens with one attached hydrogen (secondary N) is 4. The Morgan fingerprint density at radius 1 is 0.458 bits per heavy atom. The number of hydrogen-bond donors (Lipinski definition) is 4. The van der Waals surface area contributed by atoms with Crippen molar-refractivity contribution in [1.82, 2.24) is 21.3 Å². The van der Waals surface area contributed by atoms with Gasteiger partial charge in [0.2, 0.25) is 23.6 Å². The largest absolute Gasteiger partial charge is 0.352 e. The Morgan fingerprint density at radius 2 is 0.708 bits per heavy atom. The van der Waals surface area contributed by atoms with Crippen LogP contribution in [0, 0.1) is 0 Å². The van der Waals surface area contributed by atoms with Crippen LogP contribution in [-0.4, -0.2) is 178 Å². The minimum absolute atomic E-state index is 0.0404. The summed E-state index contributed by atoms with van der Waals surface area (Å²) in [5, 5.41) is 11.0. The normalized spacial score (nSPS) is 11.0. The Kier molecular flexibility index (Phi) is 28.6. The monoisotopic (exact) mass is 685 g/mol. The van der Waals surface area contributed by atoms with E-state index in [9.17, 15) is 19.2 Å². The lowest BCUT2D eigenvalue weighted by atomic mass is 10.3. The van der Waals surface area contributed by atoms with Gasteiger partial charge in [-0.2, -0.15) is 0 Å². The molecule has 0 unspecified atom stereocenters. The van der Waals surface area contributed by atoms with Crippen LogP contribution in [0.2, 0.25) is 0 Å². The molecule has 12 nitrogen and oxygen atoms in total. The molecule has 0 bridgehead atoms. The highest BCUT2D eigenvalue weighted by atomic mass is 16.2. The van der Waals surface area contributed by atoms with Crippen molar-refractivity contribution >= 4 is 23.6 Å². The molecule has 0 atom stereocenters. The van der Waals surface area contributed by atoms with E-state index < -0.39 is 0 Å². The minimum atomic E-state index is -0.0987. The second-order valence-electron chi connectivity index (χ2n) is 15.8. The number of rotatable bonds is 18. The Labute approximate surface area is 294 Å². The van der Waals surface area contributed by atoms with E-state index in [1.54, 1.807) is 13.8 Å². The van der Waals surface area contributed by atoms with Gasteiger partial charge in [0, 0.05) is 37.1 Å². The first-order valence-electron chi connectivity index (χ1n) is 16.5. The van der Waals surface area contributed by atoms with Crippen molar-refractivity contribution in [3.63, 3.8) is 0 Å². The van der Waals surface area contributed by atoms with Gasteiger partial charge in [-0.3, -0.25) is 19.2 Å². The van der Waals surface area contributed by atoms with E-state index in [2.05, 4.69) is 132 Å². The fourth-order valence-electron chi connectivity index (χ4n) is 2.99. The zero-order valence-corrected chi connectivity index (χ0v) is 33.5. The van der Waals surface area contributed by atoms with Crippen molar-refractivity contribution < 1.29 is 37.1 Å². The van der Waals surface area contributed by atoms with Gasteiger partial charge in [-0.05, 0) is 26.0 Å². The Bertz CT molecular complexity index is 993. The van der Waals surface area contributed by atoms with Crippen LogP contribution in [0.25, 0.3) is 0 Å². The maximum Gasteiger partial charge on any atom is 0.246 e. The van der Waals surface area contributed by atoms with E-state index in [4.69, 9.17) is 0 Å². The molecular weight excluding hydrogens is 608 g/mol. The number of hydrogen-bond acceptors (Lipinski definition) is 4. The number of carbonyl (C=O) groups excluding carboxylic acids is 4. The van der Waals surface area contributed by atoms with Crippen LogP contribution >= 0.6 is 0 Å². The molecule has 0 heterocycles. The van der Waals surface area contributed by atoms with Crippen molar-refractivity contribution in [1.29, 1.82) is 0 Å². The summed E-state index contributed by atoms with van der Waals surface area (Å²) in [6, 6.07) is 0. The van der Waals surface area contributed by atoms with E-state index >= 15 is 0 Å². The minimum Gasteiger partial charge on any atom is -0.352 e. The van der Waals surface area contributed by atoms with Crippen LogP contribution in [0.4, 0.5) is 0 Å². The molecule has 4 N–H and O–H groups in total. The van der Waals surface area contributed by atoms with Gasteiger partial charge >= 0.3 is 0 Å². The zero-order chi connectivity index (χ0) is 38.8. The number of quaternary nitrogens is 4. The van der Waals surface area contributed by atoms with Gasteiger partial charge < -0.3 is 39.2 Å². The molecule has 0 radical (unpaired) electrons. The second kappa shape index (κ2) is 26.6. The van der Waals surface area contributed by atoms with Crippen LogP contribution in [0.3, 0.4) is 0 Å². The van der Waals surface area contributed by atoms with Gasteiger partial charge in [-0.1, -0.05) is 26.3 Å². The predicted octanol–water partition coefficient (Wildman–Crippen LogP) is 1.54. The fourth-order valence-corrected chi connectivity index (χ4v) is 2.99. The van der Waals surface area contributed by atoms with Crippen molar-refractivity contribution in [2.45, 2.75) is 26.7 Å². The highest BCUT2D eigenvalue weighted by molar-refractivity contribution is 5.92. The van der Waals surface area contributed by atoms with Crippen LogP contribution in [-0.2, 0) is 19.2 Å². The first kappa shape index (κ1) is 51.5. The van der Waals surface area contributed by atoms with Gasteiger partial charge in [0.05, 0.1) is 124 Å². The van der Waals surface area contributed by atoms with Crippen molar-refractivity contribution in [2.24, 2.45) is 0 Å². The Hall–Kier alpha value is -3.32. The number of amides is 4. The third-order valence-electron chi connectivity index (χ3n) is 5.89. The molecule has 0 saturated heterocycles. The lowest BCUT2D eigenvalue weighted by Crippen LogP contribution is -2.41. The molecule has 0 aromatic carbocycles. The molecule has 0 aliphatic heterocycles. The summed E-state index contributed by atoms with van der Waals surface area (Å²) in [6.45, 7) is 24.1. The summed E-state index contributed by atoms with van der Waals surface area (Å²) in [4.78, 5) is 43.4. The van der Waals surface area contributed by atoms with Crippen molar-refractivity contribution in [3.8, 4) is 0 Å². The molecule has 0 aliphatic carbocycles. The predicted molar refractivity (Wildman–Crippen MR) is 203 cm³/mol. The summed E-state index contributed by atoms with van der Waals surface area (Å²) in [5.41, 5.74) is 1.14. The molecule has 0 spiro atoms. The lowest BCUT2D eigenvalue weighted by molar-refractivity contribution is -0.870. The van der Waals surface area contributed by atoms with Crippen molar-refractivity contribution in [3.05, 3.63) is 49.6 Å². The molecular formula is C36H76N8O4+4. The van der Waals surface area contributed by atoms with Crippen LogP contribution in [0.1, 0.15) is 26.7 Å². The third kappa shape index (κ3) is 49.6. The summed E-state index contributed by atoms with van der Waals surface area (Å²) in [7, 11) is 25.3. The van der Waals surface area contributed by atoms with E-state index in [1.165, 1.54) is 12.2 Å². The standard InChI is InChI=1S/C10H20N2O.2C9H18N2O.C8H16N2O/c1-9(2)10(13)11-7-6-8-12(3,4)5;1-8(2)9(12)10-6-7-11(3,4)5;1-5-9(12)10-7-6-8-11(2,3)4;1-5-8(11)9-6-7-10(2,3)4/h1,6-8H2,2-5H3;1,6-7H2,2-5H3;5H,1,6-8H2,2-4H3;5H,1,6-7H2,2-4H3/p+4. The molecule has 0 aromatic heterocycles. The third-order valence-corrected chi connectivity index (χ3v) is 5.89. The molecule has 4 amide bonds. The molecule has 0 aromatic rings. The first-order chi connectivity index (χ1) is 21.6. The smallest absolute Gasteiger partial charge is 0.246 e. The summed E-state index contributed by atoms with van der Waals surface area (Å²) in [6.07, 6.45) is 4.59. The van der Waals surface area contributed by atoms with Crippen LogP contribution in [0.5, 0.6) is 0 Å². The van der Waals surface area contributed by atoms with Crippen molar-refractivity contribution in [2.75, 3.05) is 137 Å². The number of likely N-dealkylation sites (N-methyl/N-ethyl adjacent to an activating group) is 2. The van der Waals surface area contributed by atoms with Gasteiger partial charge in [0.15, 0.2) is 0 Å². The molecule has 0 fully saturated rings. The van der Waals surface area contributed by atoms with Crippen LogP contribution < -0.4 is 21.3 Å².